The molecule has 2 aromatic heterocycles. The van der Waals surface area contributed by atoms with Gasteiger partial charge in [0.05, 0.1) is 24.6 Å². The molecule has 4 aromatic rings. The van der Waals surface area contributed by atoms with Crippen molar-refractivity contribution in [3.63, 3.8) is 0 Å². The van der Waals surface area contributed by atoms with E-state index in [-0.39, 0.29) is 36.1 Å². The molecule has 2 aromatic carbocycles. The predicted molar refractivity (Wildman–Crippen MR) is 126 cm³/mol. The Morgan fingerprint density at radius 3 is 2.64 bits per heavy atom. The number of rotatable bonds is 7. The topological polar surface area (TPSA) is 110 Å². The monoisotopic (exact) mass is 468 g/mol. The number of nitrogens with two attached hydrogens (primary N) is 1. The van der Waals surface area contributed by atoms with E-state index in [0.29, 0.717) is 10.1 Å². The number of aromatic amines is 1. The Hall–Kier alpha value is -3.76. The van der Waals surface area contributed by atoms with Gasteiger partial charge in [-0.15, -0.1) is 11.3 Å². The highest BCUT2D eigenvalue weighted by Gasteiger charge is 2.27. The van der Waals surface area contributed by atoms with Crippen molar-refractivity contribution in [2.45, 2.75) is 13.1 Å². The molecular formula is C23H21FN4O4S. The molecule has 0 aliphatic rings. The lowest BCUT2D eigenvalue weighted by atomic mass is 10.2. The van der Waals surface area contributed by atoms with Gasteiger partial charge in [0, 0.05) is 17.2 Å². The summed E-state index contributed by atoms with van der Waals surface area (Å²) < 4.78 is 21.0. The number of benzene rings is 2. The van der Waals surface area contributed by atoms with E-state index < -0.39 is 23.0 Å². The van der Waals surface area contributed by atoms with E-state index in [4.69, 9.17) is 10.5 Å². The van der Waals surface area contributed by atoms with Crippen LogP contribution in [0.3, 0.4) is 0 Å². The Labute approximate surface area is 191 Å². The number of thiophene rings is 1. The molecule has 0 atom stereocenters. The van der Waals surface area contributed by atoms with Crippen LogP contribution in [0.4, 0.5) is 15.9 Å². The van der Waals surface area contributed by atoms with Gasteiger partial charge in [0.1, 0.15) is 11.6 Å². The smallest absolute Gasteiger partial charge is 0.330 e. The summed E-state index contributed by atoms with van der Waals surface area (Å²) in [5.41, 5.74) is 5.33. The summed E-state index contributed by atoms with van der Waals surface area (Å²) in [4.78, 5) is 42.5. The van der Waals surface area contributed by atoms with Crippen molar-refractivity contribution in [1.29, 1.82) is 0 Å². The van der Waals surface area contributed by atoms with E-state index in [0.717, 1.165) is 21.5 Å². The third-order valence-corrected chi connectivity index (χ3v) is 6.24. The molecule has 4 rings (SSSR count). The zero-order valence-electron chi connectivity index (χ0n) is 17.7. The van der Waals surface area contributed by atoms with Gasteiger partial charge in [0.25, 0.3) is 11.5 Å². The van der Waals surface area contributed by atoms with Crippen molar-refractivity contribution in [3.05, 3.63) is 91.7 Å². The SMILES string of the molecule is COCCn1c(N)c(N(Cc2ccccc2)C(=O)c2cc3c(F)cccc3s2)c(=O)[nH]c1=O. The molecule has 0 aliphatic heterocycles. The van der Waals surface area contributed by atoms with Gasteiger partial charge in [-0.05, 0) is 23.8 Å². The molecule has 0 unspecified atom stereocenters. The van der Waals surface area contributed by atoms with E-state index in [1.54, 1.807) is 36.4 Å². The molecule has 8 nitrogen and oxygen atoms in total. The molecular weight excluding hydrogens is 447 g/mol. The number of hydrogen-bond donors (Lipinski definition) is 2. The minimum absolute atomic E-state index is 0.0200. The van der Waals surface area contributed by atoms with Gasteiger partial charge in [-0.1, -0.05) is 36.4 Å². The minimum Gasteiger partial charge on any atom is -0.383 e. The molecule has 0 bridgehead atoms. The third kappa shape index (κ3) is 4.43. The van der Waals surface area contributed by atoms with Gasteiger partial charge >= 0.3 is 5.69 Å². The number of halogens is 1. The lowest BCUT2D eigenvalue weighted by molar-refractivity contribution is 0.0988. The Bertz CT molecular complexity index is 1430. The van der Waals surface area contributed by atoms with Crippen LogP contribution >= 0.6 is 11.3 Å². The minimum atomic E-state index is -0.789. The van der Waals surface area contributed by atoms with Gasteiger partial charge < -0.3 is 10.5 Å². The molecule has 3 N–H and O–H groups in total. The summed E-state index contributed by atoms with van der Waals surface area (Å²) in [6.07, 6.45) is 0. The molecule has 10 heteroatoms. The average Bonchev–Trinajstić information content (AvgIpc) is 3.24. The maximum absolute atomic E-state index is 14.2. The largest absolute Gasteiger partial charge is 0.383 e. The molecule has 0 spiro atoms. The second-order valence-electron chi connectivity index (χ2n) is 7.28. The molecule has 0 aliphatic carbocycles. The van der Waals surface area contributed by atoms with Crippen molar-refractivity contribution < 1.29 is 13.9 Å². The highest BCUT2D eigenvalue weighted by atomic mass is 32.1. The standard InChI is InChI=1S/C23H21FN4O4S/c1-32-11-10-27-20(25)19(21(29)26-23(27)31)28(13-14-6-3-2-4-7-14)22(30)18-12-15-16(24)8-5-9-17(15)33-18/h2-9,12H,10-11,13,25H2,1H3,(H,26,29,31). The lowest BCUT2D eigenvalue weighted by Crippen LogP contribution is -2.41. The van der Waals surface area contributed by atoms with Crippen LogP contribution in [0.2, 0.25) is 0 Å². The van der Waals surface area contributed by atoms with Crippen LogP contribution in [-0.2, 0) is 17.8 Å². The van der Waals surface area contributed by atoms with Crippen molar-refractivity contribution >= 4 is 38.8 Å². The van der Waals surface area contributed by atoms with Gasteiger partial charge in [-0.3, -0.25) is 24.0 Å². The van der Waals surface area contributed by atoms with Crippen molar-refractivity contribution in [2.24, 2.45) is 0 Å². The molecule has 0 radical (unpaired) electrons. The number of methoxy groups -OCH3 is 1. The lowest BCUT2D eigenvalue weighted by Gasteiger charge is -2.24. The third-order valence-electron chi connectivity index (χ3n) is 5.15. The van der Waals surface area contributed by atoms with E-state index in [9.17, 15) is 18.8 Å². The number of nitrogen functional groups attached to an aromatic ring is 1. The first-order valence-electron chi connectivity index (χ1n) is 10.1. The first-order chi connectivity index (χ1) is 15.9. The summed E-state index contributed by atoms with van der Waals surface area (Å²) in [5, 5.41) is 0.317. The Morgan fingerprint density at radius 2 is 1.94 bits per heavy atom. The van der Waals surface area contributed by atoms with Gasteiger partial charge in [-0.25, -0.2) is 9.18 Å². The zero-order valence-corrected chi connectivity index (χ0v) is 18.5. The van der Waals surface area contributed by atoms with Crippen LogP contribution in [0.15, 0.2) is 64.2 Å². The van der Waals surface area contributed by atoms with E-state index in [1.165, 1.54) is 24.1 Å². The number of carbonyl (C=O) groups excluding carboxylic acids is 1. The van der Waals surface area contributed by atoms with E-state index >= 15 is 0 Å². The number of nitrogens with one attached hydrogen (secondary N) is 1. The quantitative estimate of drug-likeness (QED) is 0.433. The Balaban J connectivity index is 1.87. The molecule has 170 valence electrons. The fraction of sp³-hybridized carbons (Fsp3) is 0.174. The predicted octanol–water partition coefficient (Wildman–Crippen LogP) is 2.97. The van der Waals surface area contributed by atoms with Gasteiger partial charge in [0.2, 0.25) is 0 Å². The number of carbonyl (C=O) groups is 1. The first kappa shape index (κ1) is 22.4. The number of anilines is 2. The number of hydrogen-bond acceptors (Lipinski definition) is 6. The van der Waals surface area contributed by atoms with Gasteiger partial charge in [-0.2, -0.15) is 0 Å². The summed E-state index contributed by atoms with van der Waals surface area (Å²) in [7, 11) is 1.47. The van der Waals surface area contributed by atoms with Gasteiger partial charge in [0.15, 0.2) is 5.69 Å². The number of amides is 1. The summed E-state index contributed by atoms with van der Waals surface area (Å²) >= 11 is 1.11. The highest BCUT2D eigenvalue weighted by Crippen LogP contribution is 2.30. The van der Waals surface area contributed by atoms with E-state index in [2.05, 4.69) is 4.98 Å². The molecule has 33 heavy (non-hydrogen) atoms. The van der Waals surface area contributed by atoms with Crippen LogP contribution in [0, 0.1) is 5.82 Å². The van der Waals surface area contributed by atoms with Crippen LogP contribution in [0.25, 0.3) is 10.1 Å². The van der Waals surface area contributed by atoms with E-state index in [1.807, 2.05) is 6.07 Å². The normalized spacial score (nSPS) is 11.1. The van der Waals surface area contributed by atoms with Crippen LogP contribution in [-0.4, -0.2) is 29.2 Å². The Morgan fingerprint density at radius 1 is 1.18 bits per heavy atom. The second-order valence-corrected chi connectivity index (χ2v) is 8.36. The zero-order chi connectivity index (χ0) is 23.5. The fourth-order valence-electron chi connectivity index (χ4n) is 3.52. The number of fused-ring (bicyclic) bond motifs is 1. The molecule has 2 heterocycles. The maximum atomic E-state index is 14.2. The van der Waals surface area contributed by atoms with Crippen molar-refractivity contribution in [3.8, 4) is 0 Å². The first-order valence-corrected chi connectivity index (χ1v) is 10.9. The summed E-state index contributed by atoms with van der Waals surface area (Å²) in [5.74, 6) is -1.13. The number of nitrogens with zero attached hydrogens (tertiary/aromatic N) is 2. The summed E-state index contributed by atoms with van der Waals surface area (Å²) in [6, 6.07) is 15.1. The molecule has 1 amide bonds. The van der Waals surface area contributed by atoms with Crippen LogP contribution < -0.4 is 21.9 Å². The second kappa shape index (κ2) is 9.39. The van der Waals surface area contributed by atoms with Crippen molar-refractivity contribution in [1.82, 2.24) is 9.55 Å². The van der Waals surface area contributed by atoms with Crippen LogP contribution in [0.5, 0.6) is 0 Å². The number of H-pyrrole nitrogens is 1. The number of aromatic nitrogens is 2. The fourth-order valence-corrected chi connectivity index (χ4v) is 4.55. The average molecular weight is 469 g/mol. The van der Waals surface area contributed by atoms with Crippen LogP contribution in [0.1, 0.15) is 15.2 Å². The Kier molecular flexibility index (Phi) is 6.38. The highest BCUT2D eigenvalue weighted by molar-refractivity contribution is 7.20. The number of ether oxygens (including phenoxy) is 1. The summed E-state index contributed by atoms with van der Waals surface area (Å²) in [6.45, 7) is 0.288. The maximum Gasteiger partial charge on any atom is 0.330 e. The molecule has 0 fully saturated rings. The molecule has 0 saturated carbocycles. The van der Waals surface area contributed by atoms with Crippen molar-refractivity contribution in [2.75, 3.05) is 24.4 Å². The molecule has 0 saturated heterocycles.